The molecule has 2 heterocycles. The normalized spacial score (nSPS) is 25.4. The third kappa shape index (κ3) is 8.58. The number of ether oxygens (including phenoxy) is 1. The Hall–Kier alpha value is 0.0800. The van der Waals surface area contributed by atoms with Crippen LogP contribution in [0.3, 0.4) is 0 Å². The molecule has 8 nitrogen and oxygen atoms in total. The minimum atomic E-state index is -1.45. The Labute approximate surface area is 223 Å². The molecule has 0 bridgehead atoms. The molecule has 13 heteroatoms. The number of aliphatic hydroxyl groups excluding tert-OH is 1. The summed E-state index contributed by atoms with van der Waals surface area (Å²) < 4.78 is 6.52. The van der Waals surface area contributed by atoms with Gasteiger partial charge in [-0.05, 0) is 25.7 Å². The lowest BCUT2D eigenvalue weighted by Gasteiger charge is -2.37. The van der Waals surface area contributed by atoms with Crippen LogP contribution in [-0.2, 0) is 4.74 Å². The van der Waals surface area contributed by atoms with E-state index in [2.05, 4.69) is 22.0 Å². The first-order valence-electron chi connectivity index (χ1n) is 11.2. The van der Waals surface area contributed by atoms with Crippen molar-refractivity contribution in [1.82, 2.24) is 15.1 Å². The second-order valence-electron chi connectivity index (χ2n) is 9.06. The number of morpholine rings is 1. The first-order chi connectivity index (χ1) is 16.0. The first-order valence-corrected chi connectivity index (χ1v) is 14.5. The Kier molecular flexibility index (Phi) is 11.0. The van der Waals surface area contributed by atoms with Crippen molar-refractivity contribution in [3.05, 3.63) is 27.4 Å². The van der Waals surface area contributed by atoms with E-state index in [4.69, 9.17) is 27.9 Å². The summed E-state index contributed by atoms with van der Waals surface area (Å²) in [5.74, 6) is 1.23. The first kappa shape index (κ1) is 28.6. The molecule has 4 unspecified atom stereocenters. The van der Waals surface area contributed by atoms with E-state index < -0.39 is 11.0 Å². The molecule has 1 aromatic heterocycles. The van der Waals surface area contributed by atoms with Gasteiger partial charge in [-0.1, -0.05) is 77.1 Å². The molecule has 1 fully saturated rings. The summed E-state index contributed by atoms with van der Waals surface area (Å²) in [7, 11) is 0. The number of rotatable bonds is 11. The van der Waals surface area contributed by atoms with E-state index in [1.54, 1.807) is 13.8 Å². The molecule has 1 saturated heterocycles. The SMILES string of the molecule is CC1C=C(Cl)C(Cl)=CC1CN1CCOC(C[NH+]([O-])CCSc2nnc(SC(C)(C)C(O)O)s2)C1. The van der Waals surface area contributed by atoms with Crippen molar-refractivity contribution in [2.45, 2.75) is 46.6 Å². The molecule has 1 aliphatic heterocycles. The number of thioether (sulfide) groups is 2. The van der Waals surface area contributed by atoms with Crippen molar-refractivity contribution < 1.29 is 20.0 Å². The molecule has 192 valence electrons. The summed E-state index contributed by atoms with van der Waals surface area (Å²) >= 11 is 16.5. The maximum Gasteiger partial charge on any atom is 0.175 e. The van der Waals surface area contributed by atoms with Crippen LogP contribution in [0.25, 0.3) is 0 Å². The van der Waals surface area contributed by atoms with Crippen LogP contribution in [0.5, 0.6) is 0 Å². The highest BCUT2D eigenvalue weighted by molar-refractivity contribution is 8.04. The average molecular weight is 572 g/mol. The van der Waals surface area contributed by atoms with Gasteiger partial charge in [0.2, 0.25) is 0 Å². The van der Waals surface area contributed by atoms with Crippen LogP contribution in [0, 0.1) is 17.0 Å². The fourth-order valence-corrected chi connectivity index (χ4v) is 7.59. The van der Waals surface area contributed by atoms with Gasteiger partial charge in [-0.25, -0.2) is 0 Å². The second kappa shape index (κ2) is 13.0. The molecule has 2 aliphatic rings. The topological polar surface area (TPSA) is 106 Å². The van der Waals surface area contributed by atoms with E-state index in [1.165, 1.54) is 34.9 Å². The summed E-state index contributed by atoms with van der Waals surface area (Å²) in [4.78, 5) is 2.34. The fourth-order valence-electron chi connectivity index (χ4n) is 3.62. The molecule has 0 radical (unpaired) electrons. The third-order valence-electron chi connectivity index (χ3n) is 5.79. The van der Waals surface area contributed by atoms with Crippen LogP contribution in [0.2, 0.25) is 0 Å². The molecular weight excluding hydrogens is 539 g/mol. The zero-order valence-electron chi connectivity index (χ0n) is 19.4. The lowest BCUT2D eigenvalue weighted by Crippen LogP contribution is -3.09. The summed E-state index contributed by atoms with van der Waals surface area (Å²) in [5, 5.41) is 41.0. The van der Waals surface area contributed by atoms with E-state index in [0.717, 1.165) is 24.0 Å². The van der Waals surface area contributed by atoms with Gasteiger partial charge in [-0.15, -0.1) is 10.2 Å². The largest absolute Gasteiger partial charge is 0.634 e. The summed E-state index contributed by atoms with van der Waals surface area (Å²) in [6, 6.07) is 0. The van der Waals surface area contributed by atoms with E-state index >= 15 is 0 Å². The number of hydroxylamine groups is 2. The highest BCUT2D eigenvalue weighted by Crippen LogP contribution is 2.38. The van der Waals surface area contributed by atoms with Crippen LogP contribution in [0.1, 0.15) is 20.8 Å². The van der Waals surface area contributed by atoms with Gasteiger partial charge in [0.05, 0.1) is 33.7 Å². The molecule has 0 amide bonds. The van der Waals surface area contributed by atoms with Gasteiger partial charge in [0, 0.05) is 19.6 Å². The van der Waals surface area contributed by atoms with Gasteiger partial charge in [0.15, 0.2) is 15.0 Å². The average Bonchev–Trinajstić information content (AvgIpc) is 3.18. The number of hydrogen-bond acceptors (Lipinski definition) is 10. The zero-order chi connectivity index (χ0) is 24.9. The standard InChI is InChI=1S/C21H32Cl2N4O4S3/c1-13-8-16(22)17(23)9-14(13)10-26-4-6-31-15(11-26)12-27(30)5-7-32-19-24-25-20(33-19)34-21(2,3)18(28)29/h8-9,13-15,18,27-29H,4-7,10-12H2,1-3H3. The monoisotopic (exact) mass is 570 g/mol. The van der Waals surface area contributed by atoms with Crippen molar-refractivity contribution in [2.75, 3.05) is 45.1 Å². The number of aliphatic hydroxyl groups is 2. The molecule has 1 aliphatic carbocycles. The van der Waals surface area contributed by atoms with E-state index in [0.29, 0.717) is 51.7 Å². The van der Waals surface area contributed by atoms with Crippen LogP contribution in [-0.4, -0.2) is 87.5 Å². The van der Waals surface area contributed by atoms with Gasteiger partial charge in [0.1, 0.15) is 12.6 Å². The highest BCUT2D eigenvalue weighted by Gasteiger charge is 2.30. The number of aromatic nitrogens is 2. The van der Waals surface area contributed by atoms with Gasteiger partial charge >= 0.3 is 0 Å². The zero-order valence-corrected chi connectivity index (χ0v) is 23.4. The Balaban J connectivity index is 1.38. The Morgan fingerprint density at radius 1 is 1.29 bits per heavy atom. The number of nitrogens with zero attached hydrogens (tertiary/aromatic N) is 3. The summed E-state index contributed by atoms with van der Waals surface area (Å²) in [5.41, 5.74) is 0. The molecule has 34 heavy (non-hydrogen) atoms. The number of halogens is 2. The van der Waals surface area contributed by atoms with Gasteiger partial charge in [-0.3, -0.25) is 4.90 Å². The third-order valence-corrected chi connectivity index (χ3v) is 9.89. The number of quaternary nitrogens is 1. The smallest absolute Gasteiger partial charge is 0.175 e. The van der Waals surface area contributed by atoms with Gasteiger partial charge in [0.25, 0.3) is 0 Å². The number of nitrogens with one attached hydrogen (secondary N) is 1. The van der Waals surface area contributed by atoms with E-state index in [9.17, 15) is 15.4 Å². The molecule has 0 saturated carbocycles. The minimum absolute atomic E-state index is 0.0969. The molecule has 0 spiro atoms. The summed E-state index contributed by atoms with van der Waals surface area (Å²) in [6.07, 6.45) is 2.49. The van der Waals surface area contributed by atoms with Crippen LogP contribution < -0.4 is 5.06 Å². The van der Waals surface area contributed by atoms with Crippen molar-refractivity contribution in [3.8, 4) is 0 Å². The lowest BCUT2D eigenvalue weighted by atomic mass is 9.89. The maximum absolute atomic E-state index is 12.5. The number of hydrogen-bond donors (Lipinski definition) is 3. The van der Waals surface area contributed by atoms with Crippen LogP contribution in [0.4, 0.5) is 0 Å². The second-order valence-corrected chi connectivity index (χ2v) is 14.1. The maximum atomic E-state index is 12.5. The Bertz CT molecular complexity index is 871. The van der Waals surface area contributed by atoms with Crippen molar-refractivity contribution in [1.29, 1.82) is 0 Å². The minimum Gasteiger partial charge on any atom is -0.634 e. The van der Waals surface area contributed by atoms with Crippen molar-refractivity contribution in [2.24, 2.45) is 11.8 Å². The van der Waals surface area contributed by atoms with Crippen LogP contribution >= 0.6 is 58.1 Å². The lowest BCUT2D eigenvalue weighted by molar-refractivity contribution is -0.849. The fraction of sp³-hybridized carbons (Fsp3) is 0.714. The van der Waals surface area contributed by atoms with Gasteiger partial charge < -0.3 is 25.2 Å². The van der Waals surface area contributed by atoms with Crippen LogP contribution in [0.15, 0.2) is 30.9 Å². The van der Waals surface area contributed by atoms with Crippen molar-refractivity contribution in [3.63, 3.8) is 0 Å². The molecule has 3 N–H and O–H groups in total. The molecular formula is C21H32Cl2N4O4S3. The van der Waals surface area contributed by atoms with E-state index in [1.807, 2.05) is 12.2 Å². The predicted octanol–water partition coefficient (Wildman–Crippen LogP) is 2.41. The number of allylic oxidation sites excluding steroid dienone is 3. The quantitative estimate of drug-likeness (QED) is 0.210. The Morgan fingerprint density at radius 2 is 2.00 bits per heavy atom. The van der Waals surface area contributed by atoms with Crippen molar-refractivity contribution >= 4 is 58.1 Å². The molecule has 4 atom stereocenters. The molecule has 1 aromatic rings. The highest BCUT2D eigenvalue weighted by atomic mass is 35.5. The van der Waals surface area contributed by atoms with Gasteiger partial charge in [-0.2, -0.15) is 0 Å². The summed E-state index contributed by atoms with van der Waals surface area (Å²) in [6.45, 7) is 9.50. The molecule has 3 rings (SSSR count). The predicted molar refractivity (Wildman–Crippen MR) is 140 cm³/mol. The molecule has 0 aromatic carbocycles. The van der Waals surface area contributed by atoms with E-state index in [-0.39, 0.29) is 11.2 Å². The Morgan fingerprint density at radius 3 is 2.74 bits per heavy atom.